The van der Waals surface area contributed by atoms with Crippen molar-refractivity contribution in [2.24, 2.45) is 5.10 Å². The molecular formula is C16H21ClN2O2. The van der Waals surface area contributed by atoms with Gasteiger partial charge in [0, 0.05) is 17.2 Å². The first kappa shape index (κ1) is 15.8. The highest BCUT2D eigenvalue weighted by atomic mass is 35.5. The van der Waals surface area contributed by atoms with Crippen molar-refractivity contribution in [3.63, 3.8) is 0 Å². The molecule has 0 radical (unpaired) electrons. The fourth-order valence-corrected chi connectivity index (χ4v) is 2.51. The number of benzene rings is 1. The molecule has 21 heavy (non-hydrogen) atoms. The molecule has 1 aliphatic carbocycles. The minimum absolute atomic E-state index is 0.0502. The summed E-state index contributed by atoms with van der Waals surface area (Å²) in [6, 6.07) is 5.51. The standard InChI is InChI=1S/C16H21ClN2O2/c1-12-11-13(17)8-9-15(12)21-10-4-7-16(20)19-18-14-5-2-3-6-14/h8-9,11H,2-7,10H2,1H3,(H,19,20). The lowest BCUT2D eigenvalue weighted by molar-refractivity contribution is -0.121. The second kappa shape index (κ2) is 8.03. The summed E-state index contributed by atoms with van der Waals surface area (Å²) < 4.78 is 5.65. The average molecular weight is 309 g/mol. The molecule has 0 heterocycles. The molecule has 1 N–H and O–H groups in total. The predicted octanol–water partition coefficient (Wildman–Crippen LogP) is 3.85. The highest BCUT2D eigenvalue weighted by Crippen LogP contribution is 2.21. The van der Waals surface area contributed by atoms with Crippen molar-refractivity contribution < 1.29 is 9.53 Å². The summed E-state index contributed by atoms with van der Waals surface area (Å²) in [7, 11) is 0. The van der Waals surface area contributed by atoms with Gasteiger partial charge in [0.1, 0.15) is 5.75 Å². The lowest BCUT2D eigenvalue weighted by Gasteiger charge is -2.09. The Kier molecular flexibility index (Phi) is 6.05. The van der Waals surface area contributed by atoms with E-state index in [2.05, 4.69) is 10.5 Å². The van der Waals surface area contributed by atoms with E-state index >= 15 is 0 Å². The zero-order valence-corrected chi connectivity index (χ0v) is 13.1. The van der Waals surface area contributed by atoms with Gasteiger partial charge >= 0.3 is 0 Å². The van der Waals surface area contributed by atoms with E-state index in [-0.39, 0.29) is 5.91 Å². The molecule has 0 unspecified atom stereocenters. The molecular weight excluding hydrogens is 288 g/mol. The first-order chi connectivity index (χ1) is 10.1. The molecule has 4 nitrogen and oxygen atoms in total. The number of amides is 1. The summed E-state index contributed by atoms with van der Waals surface area (Å²) in [6.45, 7) is 2.46. The largest absolute Gasteiger partial charge is 0.493 e. The monoisotopic (exact) mass is 308 g/mol. The van der Waals surface area contributed by atoms with Crippen LogP contribution in [0.15, 0.2) is 23.3 Å². The maximum Gasteiger partial charge on any atom is 0.240 e. The number of nitrogens with zero attached hydrogens (tertiary/aromatic N) is 1. The summed E-state index contributed by atoms with van der Waals surface area (Å²) in [5, 5.41) is 4.84. The van der Waals surface area contributed by atoms with Crippen molar-refractivity contribution in [2.75, 3.05) is 6.61 Å². The molecule has 2 rings (SSSR count). The number of carbonyl (C=O) groups is 1. The maximum atomic E-state index is 11.6. The number of hydrogen-bond acceptors (Lipinski definition) is 3. The van der Waals surface area contributed by atoms with E-state index in [1.807, 2.05) is 19.1 Å². The van der Waals surface area contributed by atoms with E-state index in [9.17, 15) is 4.79 Å². The number of hydrogen-bond donors (Lipinski definition) is 1. The van der Waals surface area contributed by atoms with Crippen LogP contribution in [0.3, 0.4) is 0 Å². The zero-order chi connectivity index (χ0) is 15.1. The van der Waals surface area contributed by atoms with Crippen LogP contribution in [0.2, 0.25) is 5.02 Å². The Morgan fingerprint density at radius 2 is 2.14 bits per heavy atom. The van der Waals surface area contributed by atoms with Crippen LogP contribution in [0.25, 0.3) is 0 Å². The van der Waals surface area contributed by atoms with Crippen LogP contribution in [-0.2, 0) is 4.79 Å². The maximum absolute atomic E-state index is 11.6. The Morgan fingerprint density at radius 1 is 1.38 bits per heavy atom. The quantitative estimate of drug-likeness (QED) is 0.641. The number of ether oxygens (including phenoxy) is 1. The van der Waals surface area contributed by atoms with Gasteiger partial charge in [0.15, 0.2) is 0 Å². The van der Waals surface area contributed by atoms with Gasteiger partial charge < -0.3 is 4.74 Å². The number of hydrazone groups is 1. The van der Waals surface area contributed by atoms with Crippen molar-refractivity contribution in [1.82, 2.24) is 5.43 Å². The molecule has 0 aromatic heterocycles. The molecule has 0 bridgehead atoms. The molecule has 1 aliphatic rings. The second-order valence-corrected chi connectivity index (χ2v) is 5.72. The van der Waals surface area contributed by atoms with Crippen LogP contribution >= 0.6 is 11.6 Å². The van der Waals surface area contributed by atoms with Gasteiger partial charge in [-0.05, 0) is 62.8 Å². The van der Waals surface area contributed by atoms with Gasteiger partial charge in [0.2, 0.25) is 5.91 Å². The molecule has 1 aromatic rings. The van der Waals surface area contributed by atoms with E-state index in [0.29, 0.717) is 24.5 Å². The van der Waals surface area contributed by atoms with Crippen molar-refractivity contribution >= 4 is 23.2 Å². The smallest absolute Gasteiger partial charge is 0.240 e. The summed E-state index contributed by atoms with van der Waals surface area (Å²) in [5.74, 6) is 0.761. The van der Waals surface area contributed by atoms with Crippen molar-refractivity contribution in [1.29, 1.82) is 0 Å². The minimum Gasteiger partial charge on any atom is -0.493 e. The molecule has 0 saturated heterocycles. The van der Waals surface area contributed by atoms with Gasteiger partial charge in [0.05, 0.1) is 6.61 Å². The first-order valence-corrected chi connectivity index (χ1v) is 7.76. The molecule has 1 aromatic carbocycles. The molecule has 1 saturated carbocycles. The lowest BCUT2D eigenvalue weighted by atomic mass is 10.2. The lowest BCUT2D eigenvalue weighted by Crippen LogP contribution is -2.19. The van der Waals surface area contributed by atoms with Gasteiger partial charge in [-0.15, -0.1) is 0 Å². The van der Waals surface area contributed by atoms with Crippen molar-refractivity contribution in [2.45, 2.75) is 45.4 Å². The normalized spacial score (nSPS) is 14.1. The molecule has 5 heteroatoms. The summed E-state index contributed by atoms with van der Waals surface area (Å²) >= 11 is 5.89. The van der Waals surface area contributed by atoms with Crippen LogP contribution in [0.5, 0.6) is 5.75 Å². The highest BCUT2D eigenvalue weighted by Gasteiger charge is 2.08. The predicted molar refractivity (Wildman–Crippen MR) is 85.0 cm³/mol. The Balaban J connectivity index is 1.64. The topological polar surface area (TPSA) is 50.7 Å². The Morgan fingerprint density at radius 3 is 2.86 bits per heavy atom. The van der Waals surface area contributed by atoms with Gasteiger partial charge in [-0.25, -0.2) is 5.43 Å². The van der Waals surface area contributed by atoms with Crippen LogP contribution < -0.4 is 10.2 Å². The van der Waals surface area contributed by atoms with Crippen LogP contribution in [0.1, 0.15) is 44.1 Å². The molecule has 114 valence electrons. The number of aryl methyl sites for hydroxylation is 1. The minimum atomic E-state index is -0.0502. The summed E-state index contributed by atoms with van der Waals surface area (Å²) in [6.07, 6.45) is 5.48. The zero-order valence-electron chi connectivity index (χ0n) is 12.3. The number of carbonyl (C=O) groups excluding carboxylic acids is 1. The van der Waals surface area contributed by atoms with E-state index in [4.69, 9.17) is 16.3 Å². The third kappa shape index (κ3) is 5.38. The summed E-state index contributed by atoms with van der Waals surface area (Å²) in [5.41, 5.74) is 4.73. The van der Waals surface area contributed by atoms with E-state index in [1.54, 1.807) is 6.07 Å². The third-order valence-electron chi connectivity index (χ3n) is 3.46. The Labute approximate surface area is 130 Å². The SMILES string of the molecule is Cc1cc(Cl)ccc1OCCCC(=O)NN=C1CCCC1. The Hall–Kier alpha value is -1.55. The molecule has 0 atom stereocenters. The van der Waals surface area contributed by atoms with E-state index in [0.717, 1.165) is 29.9 Å². The molecule has 1 fully saturated rings. The number of nitrogens with one attached hydrogen (secondary N) is 1. The second-order valence-electron chi connectivity index (χ2n) is 5.28. The molecule has 0 spiro atoms. The fourth-order valence-electron chi connectivity index (χ4n) is 2.28. The molecule has 1 amide bonds. The van der Waals surface area contributed by atoms with Crippen LogP contribution in [0.4, 0.5) is 0 Å². The van der Waals surface area contributed by atoms with Crippen molar-refractivity contribution in [3.8, 4) is 5.75 Å². The Bertz CT molecular complexity index is 521. The van der Waals surface area contributed by atoms with Crippen LogP contribution in [0, 0.1) is 6.92 Å². The van der Waals surface area contributed by atoms with E-state index < -0.39 is 0 Å². The number of rotatable bonds is 6. The highest BCUT2D eigenvalue weighted by molar-refractivity contribution is 6.30. The van der Waals surface area contributed by atoms with Crippen molar-refractivity contribution in [3.05, 3.63) is 28.8 Å². The van der Waals surface area contributed by atoms with E-state index in [1.165, 1.54) is 12.8 Å². The van der Waals surface area contributed by atoms with Gasteiger partial charge in [-0.2, -0.15) is 5.10 Å². The third-order valence-corrected chi connectivity index (χ3v) is 3.70. The first-order valence-electron chi connectivity index (χ1n) is 7.38. The number of halogens is 1. The van der Waals surface area contributed by atoms with Gasteiger partial charge in [-0.1, -0.05) is 11.6 Å². The van der Waals surface area contributed by atoms with Gasteiger partial charge in [0.25, 0.3) is 0 Å². The average Bonchev–Trinajstić information content (AvgIpc) is 2.96. The van der Waals surface area contributed by atoms with Crippen LogP contribution in [-0.4, -0.2) is 18.2 Å². The fraction of sp³-hybridized carbons (Fsp3) is 0.500. The molecule has 0 aliphatic heterocycles. The summed E-state index contributed by atoms with van der Waals surface area (Å²) in [4.78, 5) is 11.6. The van der Waals surface area contributed by atoms with Gasteiger partial charge in [-0.3, -0.25) is 4.79 Å².